The number of aliphatic imine (C=N–C) groups is 1. The third-order valence-electron chi connectivity index (χ3n) is 7.11. The molecule has 0 aliphatic heterocycles. The van der Waals surface area contributed by atoms with Crippen molar-refractivity contribution >= 4 is 18.6 Å². The van der Waals surface area contributed by atoms with Gasteiger partial charge >= 0.3 is 6.18 Å². The lowest BCUT2D eigenvalue weighted by Crippen LogP contribution is -2.38. The van der Waals surface area contributed by atoms with Crippen molar-refractivity contribution in [1.82, 2.24) is 19.9 Å². The summed E-state index contributed by atoms with van der Waals surface area (Å²) in [5, 5.41) is 0. The van der Waals surface area contributed by atoms with Crippen molar-refractivity contribution < 1.29 is 22.0 Å². The molecule has 0 N–H and O–H groups in total. The first kappa shape index (κ1) is 31.0. The molecule has 0 amide bonds. The summed E-state index contributed by atoms with van der Waals surface area (Å²) in [6.45, 7) is 11.2. The minimum atomic E-state index is -4.64. The summed E-state index contributed by atoms with van der Waals surface area (Å²) in [4.78, 5) is 22.6. The van der Waals surface area contributed by atoms with Crippen LogP contribution in [0.4, 0.5) is 33.8 Å². The number of hydrogen-bond acceptors (Lipinski definition) is 7. The van der Waals surface area contributed by atoms with Crippen LogP contribution in [0.2, 0.25) is 0 Å². The molecule has 218 valence electrons. The molecule has 12 heteroatoms. The van der Waals surface area contributed by atoms with Gasteiger partial charge in [0.25, 0.3) is 0 Å². The van der Waals surface area contributed by atoms with E-state index in [0.717, 1.165) is 50.3 Å². The largest absolute Gasteiger partial charge is 0.419 e. The Balaban J connectivity index is 2.00. The van der Waals surface area contributed by atoms with Crippen LogP contribution in [0, 0.1) is 11.6 Å². The van der Waals surface area contributed by atoms with Gasteiger partial charge in [0.05, 0.1) is 11.1 Å². The van der Waals surface area contributed by atoms with E-state index in [0.29, 0.717) is 12.5 Å². The molecule has 40 heavy (non-hydrogen) atoms. The minimum absolute atomic E-state index is 0.0245. The first-order valence-electron chi connectivity index (χ1n) is 13.4. The summed E-state index contributed by atoms with van der Waals surface area (Å²) in [7, 11) is 1.88. The van der Waals surface area contributed by atoms with Crippen molar-refractivity contribution in [1.29, 1.82) is 0 Å². The van der Waals surface area contributed by atoms with E-state index in [1.54, 1.807) is 11.8 Å². The third-order valence-corrected chi connectivity index (χ3v) is 7.11. The summed E-state index contributed by atoms with van der Waals surface area (Å²) in [6, 6.07) is 3.39. The van der Waals surface area contributed by atoms with E-state index < -0.39 is 23.4 Å². The van der Waals surface area contributed by atoms with Crippen molar-refractivity contribution in [2.24, 2.45) is 4.99 Å². The number of aromatic nitrogens is 3. The molecule has 0 atom stereocenters. The second-order valence-corrected chi connectivity index (χ2v) is 9.54. The Hall–Kier alpha value is -3.57. The van der Waals surface area contributed by atoms with Gasteiger partial charge in [0, 0.05) is 45.3 Å². The number of allylic oxidation sites excluding steroid dienone is 2. The third kappa shape index (κ3) is 7.33. The fourth-order valence-electron chi connectivity index (χ4n) is 4.82. The number of hydrogen-bond donors (Lipinski definition) is 0. The van der Waals surface area contributed by atoms with Crippen LogP contribution in [-0.2, 0) is 0 Å². The van der Waals surface area contributed by atoms with E-state index in [2.05, 4.69) is 33.2 Å². The molecule has 0 bridgehead atoms. The molecule has 1 aromatic heterocycles. The molecule has 0 unspecified atom stereocenters. The average molecular weight is 566 g/mol. The molecule has 0 saturated heterocycles. The molecule has 0 spiro atoms. The van der Waals surface area contributed by atoms with Gasteiger partial charge in [-0.2, -0.15) is 28.1 Å². The van der Waals surface area contributed by atoms with E-state index in [9.17, 15) is 22.0 Å². The van der Waals surface area contributed by atoms with E-state index in [-0.39, 0.29) is 48.8 Å². The Morgan fingerprint density at radius 3 is 2.25 bits per heavy atom. The van der Waals surface area contributed by atoms with Gasteiger partial charge in [-0.3, -0.25) is 0 Å². The number of likely N-dealkylation sites (N-methyl/N-ethyl adjacent to an activating group) is 2. The van der Waals surface area contributed by atoms with Crippen molar-refractivity contribution in [2.75, 3.05) is 43.0 Å². The lowest BCUT2D eigenvalue weighted by Gasteiger charge is -2.32. The van der Waals surface area contributed by atoms with Crippen LogP contribution in [0.1, 0.15) is 46.0 Å². The van der Waals surface area contributed by atoms with Crippen LogP contribution in [0.5, 0.6) is 0 Å². The Labute approximate surface area is 232 Å². The highest BCUT2D eigenvalue weighted by Crippen LogP contribution is 2.31. The fourth-order valence-corrected chi connectivity index (χ4v) is 4.82. The molecule has 1 saturated carbocycles. The normalized spacial score (nSPS) is 14.9. The van der Waals surface area contributed by atoms with Crippen LogP contribution in [-0.4, -0.2) is 72.0 Å². The van der Waals surface area contributed by atoms with Gasteiger partial charge in [0.15, 0.2) is 5.82 Å². The highest BCUT2D eigenvalue weighted by Gasteiger charge is 2.36. The molecular formula is C28H36F5N7. The van der Waals surface area contributed by atoms with Gasteiger partial charge in [0.1, 0.15) is 17.5 Å². The molecule has 0 radical (unpaired) electrons. The van der Waals surface area contributed by atoms with E-state index in [1.165, 1.54) is 11.0 Å². The molecule has 2 aromatic rings. The average Bonchev–Trinajstić information content (AvgIpc) is 2.93. The van der Waals surface area contributed by atoms with Crippen LogP contribution >= 0.6 is 0 Å². The number of nitrogens with zero attached hydrogens (tertiary/aromatic N) is 7. The van der Waals surface area contributed by atoms with Crippen molar-refractivity contribution in [3.63, 3.8) is 0 Å². The maximum atomic E-state index is 14.8. The number of anilines is 2. The number of alkyl halides is 3. The van der Waals surface area contributed by atoms with Crippen molar-refractivity contribution in [3.8, 4) is 11.4 Å². The van der Waals surface area contributed by atoms with Gasteiger partial charge in [-0.05, 0) is 45.5 Å². The van der Waals surface area contributed by atoms with Gasteiger partial charge in [-0.15, -0.1) is 0 Å². The Morgan fingerprint density at radius 1 is 1.02 bits per heavy atom. The SMILES string of the molecule is C=C/C(=C(\N=C)N(CC)CCN(CC)c1nc(-c2ccc(F)cc2F)nc(N(C)C2CCCCC2)n1)C(F)(F)F. The lowest BCUT2D eigenvalue weighted by molar-refractivity contribution is -0.0902. The maximum Gasteiger partial charge on any atom is 0.419 e. The summed E-state index contributed by atoms with van der Waals surface area (Å²) < 4.78 is 69.1. The van der Waals surface area contributed by atoms with E-state index >= 15 is 0 Å². The van der Waals surface area contributed by atoms with Gasteiger partial charge < -0.3 is 14.7 Å². The molecule has 1 heterocycles. The van der Waals surface area contributed by atoms with Crippen molar-refractivity contribution in [2.45, 2.75) is 58.2 Å². The number of halogens is 5. The van der Waals surface area contributed by atoms with E-state index in [1.807, 2.05) is 18.9 Å². The summed E-state index contributed by atoms with van der Waals surface area (Å²) in [5.74, 6) is -1.21. The van der Waals surface area contributed by atoms with Gasteiger partial charge in [0.2, 0.25) is 11.9 Å². The van der Waals surface area contributed by atoms with Gasteiger partial charge in [-0.1, -0.05) is 31.9 Å². The summed E-state index contributed by atoms with van der Waals surface area (Å²) in [5.41, 5.74) is -0.950. The molecule has 1 aliphatic carbocycles. The zero-order valence-corrected chi connectivity index (χ0v) is 23.2. The first-order chi connectivity index (χ1) is 19.0. The molecule has 3 rings (SSSR count). The van der Waals surface area contributed by atoms with Crippen molar-refractivity contribution in [3.05, 3.63) is 53.9 Å². The summed E-state index contributed by atoms with van der Waals surface area (Å²) >= 11 is 0. The second kappa shape index (κ2) is 13.7. The minimum Gasteiger partial charge on any atom is -0.355 e. The zero-order chi connectivity index (χ0) is 29.4. The predicted molar refractivity (Wildman–Crippen MR) is 148 cm³/mol. The Kier molecular flexibility index (Phi) is 10.6. The number of rotatable bonds is 12. The van der Waals surface area contributed by atoms with Crippen LogP contribution in [0.15, 0.2) is 47.2 Å². The standard InChI is InChI=1S/C28H36F5N7/c1-6-22(28(31,32)33)25(34-4)39(7-2)16-17-40(8-3)27-36-24(21-15-14-19(29)18-23(21)30)35-26(37-27)38(5)20-12-10-9-11-13-20/h6,14-15,18,20H,1,4,7-13,16-17H2,2-3,5H3/b25-22-. The molecular weight excluding hydrogens is 529 g/mol. The maximum absolute atomic E-state index is 14.8. The van der Waals surface area contributed by atoms with Crippen LogP contribution in [0.25, 0.3) is 11.4 Å². The molecule has 7 nitrogen and oxygen atoms in total. The monoisotopic (exact) mass is 565 g/mol. The first-order valence-corrected chi connectivity index (χ1v) is 13.4. The predicted octanol–water partition coefficient (Wildman–Crippen LogP) is 6.39. The van der Waals surface area contributed by atoms with Gasteiger partial charge in [-0.25, -0.2) is 13.8 Å². The molecule has 1 fully saturated rings. The number of benzene rings is 1. The smallest absolute Gasteiger partial charge is 0.355 e. The fraction of sp³-hybridized carbons (Fsp3) is 0.500. The second-order valence-electron chi connectivity index (χ2n) is 9.54. The quantitative estimate of drug-likeness (QED) is 0.169. The van der Waals surface area contributed by atoms with Crippen LogP contribution < -0.4 is 9.80 Å². The Morgan fingerprint density at radius 2 is 1.70 bits per heavy atom. The lowest BCUT2D eigenvalue weighted by atomic mass is 9.95. The van der Waals surface area contributed by atoms with Crippen LogP contribution in [0.3, 0.4) is 0 Å². The topological polar surface area (TPSA) is 60.8 Å². The summed E-state index contributed by atoms with van der Waals surface area (Å²) in [6.07, 6.45) is 1.35. The molecule has 1 aromatic carbocycles. The molecule has 1 aliphatic rings. The Bertz CT molecular complexity index is 1210. The zero-order valence-electron chi connectivity index (χ0n) is 23.2. The highest BCUT2D eigenvalue weighted by molar-refractivity contribution is 5.59. The highest BCUT2D eigenvalue weighted by atomic mass is 19.4. The van der Waals surface area contributed by atoms with E-state index in [4.69, 9.17) is 0 Å².